The van der Waals surface area contributed by atoms with Crippen molar-refractivity contribution in [3.63, 3.8) is 0 Å². The van der Waals surface area contributed by atoms with Crippen molar-refractivity contribution < 1.29 is 19.1 Å². The molecule has 3 heterocycles. The molecule has 4 aromatic rings. The molecule has 4 bridgehead atoms. The number of para-hydroxylation sites is 2. The van der Waals surface area contributed by atoms with Crippen molar-refractivity contribution in [2.24, 2.45) is 7.05 Å². The Hall–Kier alpha value is -4.86. The van der Waals surface area contributed by atoms with E-state index in [1.54, 1.807) is 29.2 Å². The Balaban J connectivity index is 1.17. The first-order valence-corrected chi connectivity index (χ1v) is 14.7. The highest BCUT2D eigenvalue weighted by Crippen LogP contribution is 2.29. The van der Waals surface area contributed by atoms with Gasteiger partial charge in [0.05, 0.1) is 24.1 Å². The van der Waals surface area contributed by atoms with Gasteiger partial charge < -0.3 is 30.2 Å². The van der Waals surface area contributed by atoms with Crippen molar-refractivity contribution in [3.8, 4) is 5.75 Å². The number of aromatic nitrogens is 2. The predicted octanol–water partition coefficient (Wildman–Crippen LogP) is 3.80. The number of carbonyl (C=O) groups is 3. The van der Waals surface area contributed by atoms with E-state index in [4.69, 9.17) is 9.72 Å². The van der Waals surface area contributed by atoms with Crippen molar-refractivity contribution >= 4 is 34.4 Å². The maximum atomic E-state index is 13.9. The number of hydrogen-bond donors (Lipinski definition) is 3. The Morgan fingerprint density at radius 2 is 1.81 bits per heavy atom. The fourth-order valence-electron chi connectivity index (χ4n) is 5.95. The number of fused-ring (bicyclic) bond motifs is 5. The van der Waals surface area contributed by atoms with Crippen molar-refractivity contribution in [1.29, 1.82) is 0 Å². The summed E-state index contributed by atoms with van der Waals surface area (Å²) >= 11 is 0. The lowest BCUT2D eigenvalue weighted by molar-refractivity contribution is -0.122. The van der Waals surface area contributed by atoms with Gasteiger partial charge in [-0.3, -0.25) is 14.4 Å². The maximum absolute atomic E-state index is 13.9. The van der Waals surface area contributed by atoms with Crippen LogP contribution < -0.4 is 20.7 Å². The number of imidazole rings is 1. The van der Waals surface area contributed by atoms with Crippen LogP contribution >= 0.6 is 0 Å². The van der Waals surface area contributed by atoms with Crippen LogP contribution in [0.2, 0.25) is 0 Å². The van der Waals surface area contributed by atoms with Crippen LogP contribution in [0.5, 0.6) is 5.75 Å². The van der Waals surface area contributed by atoms with Gasteiger partial charge >= 0.3 is 0 Å². The summed E-state index contributed by atoms with van der Waals surface area (Å²) in [4.78, 5) is 46.2. The van der Waals surface area contributed by atoms with Crippen molar-refractivity contribution in [3.05, 3.63) is 89.2 Å². The third-order valence-corrected chi connectivity index (χ3v) is 8.37. The van der Waals surface area contributed by atoms with E-state index >= 15 is 0 Å². The van der Waals surface area contributed by atoms with Crippen LogP contribution in [-0.4, -0.2) is 64.0 Å². The van der Waals surface area contributed by atoms with E-state index in [9.17, 15) is 14.4 Å². The number of aryl methyl sites for hydroxylation is 2. The SMILES string of the molecule is Cc1ccc2cc1OCCNC(=O)C[C@@H]1CC[C@H](CNC2=O)N1C(=O)c1ccc(NCc2nc3ccccc3n2C)cc1. The first kappa shape index (κ1) is 28.3. The summed E-state index contributed by atoms with van der Waals surface area (Å²) in [5, 5.41) is 9.32. The van der Waals surface area contributed by atoms with Gasteiger partial charge in [0.1, 0.15) is 18.2 Å². The molecule has 0 saturated carbocycles. The Kier molecular flexibility index (Phi) is 8.00. The molecule has 1 aromatic heterocycles. The van der Waals surface area contributed by atoms with Crippen LogP contribution in [0.4, 0.5) is 5.69 Å². The third kappa shape index (κ3) is 6.04. The minimum absolute atomic E-state index is 0.127. The van der Waals surface area contributed by atoms with Gasteiger partial charge in [-0.15, -0.1) is 0 Å². The smallest absolute Gasteiger partial charge is 0.254 e. The Labute approximate surface area is 250 Å². The summed E-state index contributed by atoms with van der Waals surface area (Å²) in [7, 11) is 2.00. The normalized spacial score (nSPS) is 19.2. The van der Waals surface area contributed by atoms with Crippen LogP contribution in [0.3, 0.4) is 0 Å². The largest absolute Gasteiger partial charge is 0.491 e. The molecule has 2 aliphatic rings. The molecule has 2 aliphatic heterocycles. The van der Waals surface area contributed by atoms with Gasteiger partial charge in [0.25, 0.3) is 11.8 Å². The van der Waals surface area contributed by atoms with Crippen LogP contribution in [0, 0.1) is 6.92 Å². The summed E-state index contributed by atoms with van der Waals surface area (Å²) in [5.74, 6) is 1.02. The van der Waals surface area contributed by atoms with Crippen LogP contribution in [0.25, 0.3) is 11.0 Å². The Morgan fingerprint density at radius 1 is 1.02 bits per heavy atom. The average Bonchev–Trinajstić information content (AvgIpc) is 3.57. The fraction of sp³-hybridized carbons (Fsp3) is 0.333. The predicted molar refractivity (Wildman–Crippen MR) is 164 cm³/mol. The topological polar surface area (TPSA) is 118 Å². The van der Waals surface area contributed by atoms with Gasteiger partial charge in [-0.25, -0.2) is 4.98 Å². The van der Waals surface area contributed by atoms with Crippen molar-refractivity contribution in [1.82, 2.24) is 25.1 Å². The Morgan fingerprint density at radius 3 is 2.63 bits per heavy atom. The standard InChI is InChI=1S/C33H36N6O4/c1-21-7-8-23-17-29(21)43-16-15-34-31(40)18-25-13-14-26(19-36-32(23)41)39(25)33(42)22-9-11-24(12-10-22)35-20-30-37-27-5-3-4-6-28(27)38(30)2/h3-12,17,25-26,35H,13-16,18-20H2,1-2H3,(H,34,40)(H,36,41)/t25-,26+/m0/s1. The van der Waals surface area contributed by atoms with E-state index in [0.29, 0.717) is 49.4 Å². The molecule has 2 atom stereocenters. The number of ether oxygens (including phenoxy) is 1. The van der Waals surface area contributed by atoms with Gasteiger partial charge in [0, 0.05) is 48.9 Å². The zero-order chi connectivity index (χ0) is 29.9. The van der Waals surface area contributed by atoms with E-state index < -0.39 is 0 Å². The number of rotatable bonds is 4. The quantitative estimate of drug-likeness (QED) is 0.338. The zero-order valence-electron chi connectivity index (χ0n) is 24.4. The van der Waals surface area contributed by atoms with E-state index in [1.807, 2.05) is 56.4 Å². The van der Waals surface area contributed by atoms with Gasteiger partial charge in [0.15, 0.2) is 0 Å². The molecular weight excluding hydrogens is 544 g/mol. The summed E-state index contributed by atoms with van der Waals surface area (Å²) in [6.07, 6.45) is 1.58. The molecule has 0 aliphatic carbocycles. The molecule has 0 spiro atoms. The van der Waals surface area contributed by atoms with Crippen molar-refractivity contribution in [2.45, 2.75) is 44.8 Å². The summed E-state index contributed by atoms with van der Waals surface area (Å²) < 4.78 is 7.90. The van der Waals surface area contributed by atoms with E-state index in [2.05, 4.69) is 20.5 Å². The third-order valence-electron chi connectivity index (χ3n) is 8.37. The number of nitrogens with zero attached hydrogens (tertiary/aromatic N) is 3. The van der Waals surface area contributed by atoms with Crippen LogP contribution in [0.15, 0.2) is 66.7 Å². The molecule has 10 nitrogen and oxygen atoms in total. The minimum Gasteiger partial charge on any atom is -0.491 e. The molecule has 6 rings (SSSR count). The van der Waals surface area contributed by atoms with Gasteiger partial charge in [-0.1, -0.05) is 18.2 Å². The summed E-state index contributed by atoms with van der Waals surface area (Å²) in [6, 6.07) is 20.2. The highest BCUT2D eigenvalue weighted by molar-refractivity contribution is 5.96. The maximum Gasteiger partial charge on any atom is 0.254 e. The van der Waals surface area contributed by atoms with E-state index in [0.717, 1.165) is 28.1 Å². The number of carbonyl (C=O) groups excluding carboxylic acids is 3. The number of benzene rings is 3. The zero-order valence-corrected chi connectivity index (χ0v) is 24.4. The Bertz CT molecular complexity index is 1660. The second-order valence-corrected chi connectivity index (χ2v) is 11.2. The first-order valence-electron chi connectivity index (χ1n) is 14.7. The molecule has 43 heavy (non-hydrogen) atoms. The molecule has 222 valence electrons. The molecule has 3 aromatic carbocycles. The highest BCUT2D eigenvalue weighted by atomic mass is 16.5. The summed E-state index contributed by atoms with van der Waals surface area (Å²) in [5.41, 5.74) is 4.83. The molecule has 0 unspecified atom stereocenters. The minimum atomic E-state index is -0.265. The van der Waals surface area contributed by atoms with Gasteiger partial charge in [-0.05, 0) is 73.9 Å². The van der Waals surface area contributed by atoms with Crippen molar-refractivity contribution in [2.75, 3.05) is 25.0 Å². The monoisotopic (exact) mass is 580 g/mol. The first-order chi connectivity index (χ1) is 20.9. The number of nitrogens with one attached hydrogen (secondary N) is 3. The second-order valence-electron chi connectivity index (χ2n) is 11.2. The fourth-order valence-corrected chi connectivity index (χ4v) is 5.95. The lowest BCUT2D eigenvalue weighted by Crippen LogP contribution is -2.47. The lowest BCUT2D eigenvalue weighted by atomic mass is 10.1. The van der Waals surface area contributed by atoms with Crippen LogP contribution in [0.1, 0.15) is 51.4 Å². The number of amides is 3. The molecule has 0 radical (unpaired) electrons. The van der Waals surface area contributed by atoms with Crippen LogP contribution in [-0.2, 0) is 18.4 Å². The highest BCUT2D eigenvalue weighted by Gasteiger charge is 2.38. The lowest BCUT2D eigenvalue weighted by Gasteiger charge is -2.30. The molecule has 3 amide bonds. The van der Waals surface area contributed by atoms with E-state index in [-0.39, 0.29) is 42.8 Å². The molecule has 1 fully saturated rings. The number of hydrogen-bond acceptors (Lipinski definition) is 6. The summed E-state index contributed by atoms with van der Waals surface area (Å²) in [6.45, 7) is 3.37. The van der Waals surface area contributed by atoms with Gasteiger partial charge in [-0.2, -0.15) is 0 Å². The molecular formula is C33H36N6O4. The van der Waals surface area contributed by atoms with E-state index in [1.165, 1.54) is 0 Å². The molecule has 3 N–H and O–H groups in total. The number of anilines is 1. The second kappa shape index (κ2) is 12.2. The molecule has 1 saturated heterocycles. The molecule has 10 heteroatoms. The van der Waals surface area contributed by atoms with Gasteiger partial charge in [0.2, 0.25) is 5.91 Å². The average molecular weight is 581 g/mol.